The van der Waals surface area contributed by atoms with Crippen LogP contribution in [0.3, 0.4) is 0 Å². The standard InChI is InChI=1S/C14H11N3/c1-3-10(2)16-14-12(9-15)8-11-6-4-5-7-13(11)17-14/h1,4-8,10H,2H3,(H,16,17). The van der Waals surface area contributed by atoms with Crippen LogP contribution in [0.1, 0.15) is 12.5 Å². The number of para-hydroxylation sites is 1. The largest absolute Gasteiger partial charge is 0.356 e. The third-order valence-corrected chi connectivity index (χ3v) is 2.45. The Hall–Kier alpha value is -2.52. The Labute approximate surface area is 100 Å². The van der Waals surface area contributed by atoms with Crippen molar-refractivity contribution in [2.45, 2.75) is 13.0 Å². The van der Waals surface area contributed by atoms with E-state index >= 15 is 0 Å². The SMILES string of the molecule is C#CC(C)Nc1nc2ccccc2cc1C#N. The number of rotatable bonds is 2. The quantitative estimate of drug-likeness (QED) is 0.793. The number of nitrogens with one attached hydrogen (secondary N) is 1. The van der Waals surface area contributed by atoms with Gasteiger partial charge in [-0.25, -0.2) is 4.98 Å². The Balaban J connectivity index is 2.55. The van der Waals surface area contributed by atoms with Gasteiger partial charge in [0, 0.05) is 5.39 Å². The van der Waals surface area contributed by atoms with Crippen LogP contribution in [0.25, 0.3) is 10.9 Å². The Bertz CT molecular complexity index is 632. The molecule has 0 aliphatic carbocycles. The van der Waals surface area contributed by atoms with Crippen LogP contribution >= 0.6 is 0 Å². The summed E-state index contributed by atoms with van der Waals surface area (Å²) in [5.41, 5.74) is 1.35. The normalized spacial score (nSPS) is 11.5. The van der Waals surface area contributed by atoms with Crippen molar-refractivity contribution in [2.75, 3.05) is 5.32 Å². The highest BCUT2D eigenvalue weighted by molar-refractivity contribution is 5.82. The summed E-state index contributed by atoms with van der Waals surface area (Å²) in [6, 6.07) is 11.4. The highest BCUT2D eigenvalue weighted by atomic mass is 15.0. The summed E-state index contributed by atoms with van der Waals surface area (Å²) in [4.78, 5) is 4.40. The monoisotopic (exact) mass is 221 g/mol. The van der Waals surface area contributed by atoms with Crippen molar-refractivity contribution in [2.24, 2.45) is 0 Å². The molecule has 0 saturated heterocycles. The molecule has 1 N–H and O–H groups in total. The molecule has 1 heterocycles. The Morgan fingerprint density at radius 3 is 2.88 bits per heavy atom. The van der Waals surface area contributed by atoms with Crippen LogP contribution < -0.4 is 5.32 Å². The van der Waals surface area contributed by atoms with Crippen LogP contribution in [0.15, 0.2) is 30.3 Å². The lowest BCUT2D eigenvalue weighted by atomic mass is 10.1. The minimum absolute atomic E-state index is 0.157. The second-order valence-electron chi connectivity index (χ2n) is 3.72. The minimum Gasteiger partial charge on any atom is -0.356 e. The fourth-order valence-electron chi connectivity index (χ4n) is 1.56. The molecule has 0 saturated carbocycles. The molecule has 0 amide bonds. The summed E-state index contributed by atoms with van der Waals surface area (Å²) in [5, 5.41) is 13.1. The van der Waals surface area contributed by atoms with Crippen molar-refractivity contribution >= 4 is 16.7 Å². The zero-order chi connectivity index (χ0) is 12.3. The van der Waals surface area contributed by atoms with E-state index in [9.17, 15) is 0 Å². The Morgan fingerprint density at radius 2 is 2.18 bits per heavy atom. The molecule has 0 spiro atoms. The summed E-state index contributed by atoms with van der Waals surface area (Å²) in [5.74, 6) is 3.09. The first-order valence-electron chi connectivity index (χ1n) is 5.27. The van der Waals surface area contributed by atoms with Gasteiger partial charge in [-0.3, -0.25) is 0 Å². The van der Waals surface area contributed by atoms with Gasteiger partial charge in [-0.1, -0.05) is 24.1 Å². The molecule has 0 fully saturated rings. The fraction of sp³-hybridized carbons (Fsp3) is 0.143. The van der Waals surface area contributed by atoms with Gasteiger partial charge in [0.1, 0.15) is 11.9 Å². The number of hydrogen-bond acceptors (Lipinski definition) is 3. The lowest BCUT2D eigenvalue weighted by Gasteiger charge is -2.10. The van der Waals surface area contributed by atoms with Crippen molar-refractivity contribution < 1.29 is 0 Å². The van der Waals surface area contributed by atoms with Crippen LogP contribution in [0.2, 0.25) is 0 Å². The topological polar surface area (TPSA) is 48.7 Å². The number of nitriles is 1. The van der Waals surface area contributed by atoms with Crippen LogP contribution in [-0.2, 0) is 0 Å². The summed E-state index contributed by atoms with van der Waals surface area (Å²) >= 11 is 0. The number of anilines is 1. The molecule has 82 valence electrons. The molecule has 3 heteroatoms. The van der Waals surface area contributed by atoms with E-state index < -0.39 is 0 Å². The molecule has 0 aliphatic heterocycles. The van der Waals surface area contributed by atoms with E-state index in [-0.39, 0.29) is 6.04 Å². The summed E-state index contributed by atoms with van der Waals surface area (Å²) in [6.07, 6.45) is 5.30. The number of nitrogens with zero attached hydrogens (tertiary/aromatic N) is 2. The molecular formula is C14H11N3. The second kappa shape index (κ2) is 4.55. The third-order valence-electron chi connectivity index (χ3n) is 2.45. The lowest BCUT2D eigenvalue weighted by Crippen LogP contribution is -2.14. The molecule has 0 bridgehead atoms. The van der Waals surface area contributed by atoms with E-state index in [2.05, 4.69) is 22.3 Å². The van der Waals surface area contributed by atoms with Crippen LogP contribution in [-0.4, -0.2) is 11.0 Å². The molecule has 1 aromatic carbocycles. The van der Waals surface area contributed by atoms with Gasteiger partial charge < -0.3 is 5.32 Å². The molecule has 0 aliphatic rings. The Morgan fingerprint density at radius 1 is 1.41 bits per heavy atom. The predicted molar refractivity (Wildman–Crippen MR) is 68.4 cm³/mol. The maximum Gasteiger partial charge on any atom is 0.145 e. The van der Waals surface area contributed by atoms with Gasteiger partial charge in [0.25, 0.3) is 0 Å². The van der Waals surface area contributed by atoms with Gasteiger partial charge in [0.2, 0.25) is 0 Å². The molecule has 1 atom stereocenters. The fourth-order valence-corrected chi connectivity index (χ4v) is 1.56. The predicted octanol–water partition coefficient (Wildman–Crippen LogP) is 2.54. The number of benzene rings is 1. The second-order valence-corrected chi connectivity index (χ2v) is 3.72. The Kier molecular flexibility index (Phi) is 2.94. The smallest absolute Gasteiger partial charge is 0.145 e. The van der Waals surface area contributed by atoms with Crippen molar-refractivity contribution in [3.63, 3.8) is 0 Å². The van der Waals surface area contributed by atoms with Gasteiger partial charge in [-0.15, -0.1) is 6.42 Å². The molecule has 2 aromatic rings. The van der Waals surface area contributed by atoms with Gasteiger partial charge in [0.15, 0.2) is 0 Å². The molecular weight excluding hydrogens is 210 g/mol. The first-order valence-corrected chi connectivity index (χ1v) is 5.27. The molecule has 17 heavy (non-hydrogen) atoms. The third kappa shape index (κ3) is 2.19. The molecule has 0 radical (unpaired) electrons. The number of terminal acetylenes is 1. The van der Waals surface area contributed by atoms with E-state index in [4.69, 9.17) is 11.7 Å². The zero-order valence-electron chi connectivity index (χ0n) is 9.44. The van der Waals surface area contributed by atoms with Crippen molar-refractivity contribution in [1.82, 2.24) is 4.98 Å². The number of hydrogen-bond donors (Lipinski definition) is 1. The average Bonchev–Trinajstić information content (AvgIpc) is 2.37. The van der Waals surface area contributed by atoms with Crippen molar-refractivity contribution in [3.05, 3.63) is 35.9 Å². The van der Waals surface area contributed by atoms with Gasteiger partial charge in [0.05, 0.1) is 17.1 Å². The highest BCUT2D eigenvalue weighted by Gasteiger charge is 2.07. The van der Waals surface area contributed by atoms with E-state index in [1.54, 1.807) is 0 Å². The maximum absolute atomic E-state index is 9.08. The molecule has 1 aromatic heterocycles. The van der Waals surface area contributed by atoms with E-state index in [1.165, 1.54) is 0 Å². The van der Waals surface area contributed by atoms with E-state index in [0.29, 0.717) is 11.4 Å². The average molecular weight is 221 g/mol. The van der Waals surface area contributed by atoms with Crippen molar-refractivity contribution in [3.8, 4) is 18.4 Å². The van der Waals surface area contributed by atoms with Crippen molar-refractivity contribution in [1.29, 1.82) is 5.26 Å². The van der Waals surface area contributed by atoms with Crippen LogP contribution in [0, 0.1) is 23.7 Å². The molecule has 3 nitrogen and oxygen atoms in total. The summed E-state index contributed by atoms with van der Waals surface area (Å²) in [6.45, 7) is 1.85. The van der Waals surface area contributed by atoms with Gasteiger partial charge in [-0.05, 0) is 19.1 Å². The molecule has 2 rings (SSSR count). The van der Waals surface area contributed by atoms with E-state index in [1.807, 2.05) is 37.3 Å². The highest BCUT2D eigenvalue weighted by Crippen LogP contribution is 2.20. The zero-order valence-corrected chi connectivity index (χ0v) is 9.44. The summed E-state index contributed by atoms with van der Waals surface area (Å²) in [7, 11) is 0. The molecule has 1 unspecified atom stereocenters. The lowest BCUT2D eigenvalue weighted by molar-refractivity contribution is 1.02. The maximum atomic E-state index is 9.08. The van der Waals surface area contributed by atoms with Crippen LogP contribution in [0.5, 0.6) is 0 Å². The number of aromatic nitrogens is 1. The first kappa shape index (κ1) is 11.0. The minimum atomic E-state index is -0.157. The van der Waals surface area contributed by atoms with E-state index in [0.717, 1.165) is 10.9 Å². The van der Waals surface area contributed by atoms with Crippen LogP contribution in [0.4, 0.5) is 5.82 Å². The number of fused-ring (bicyclic) bond motifs is 1. The number of pyridine rings is 1. The van der Waals surface area contributed by atoms with Gasteiger partial charge >= 0.3 is 0 Å². The summed E-state index contributed by atoms with van der Waals surface area (Å²) < 4.78 is 0. The first-order chi connectivity index (χ1) is 8.24. The van der Waals surface area contributed by atoms with Gasteiger partial charge in [-0.2, -0.15) is 5.26 Å².